The summed E-state index contributed by atoms with van der Waals surface area (Å²) in [5, 5.41) is 6.01. The minimum Gasteiger partial charge on any atom is -0.444 e. The molecule has 2 N–H and O–H groups in total. The maximum Gasteiger partial charge on any atom is 0.408 e. The molecule has 1 fully saturated rings. The molecule has 0 unspecified atom stereocenters. The van der Waals surface area contributed by atoms with Crippen molar-refractivity contribution in [2.75, 3.05) is 6.54 Å². The van der Waals surface area contributed by atoms with E-state index in [1.54, 1.807) is 12.3 Å². The van der Waals surface area contributed by atoms with Crippen molar-refractivity contribution in [1.82, 2.24) is 15.6 Å². The quantitative estimate of drug-likeness (QED) is 0.708. The molecule has 1 aromatic heterocycles. The van der Waals surface area contributed by atoms with Gasteiger partial charge < -0.3 is 15.4 Å². The standard InChI is InChI=1S/C19H28BrN3O3/c1-18(2,3)26-17(25)23-19(8-6-4-5-7-9-19)13-22-16(24)14-10-15(20)12-21-11-14/h10-12H,4-9,13H2,1-3H3,(H,22,24)(H,23,25). The molecule has 1 aromatic rings. The molecule has 0 radical (unpaired) electrons. The smallest absolute Gasteiger partial charge is 0.408 e. The highest BCUT2D eigenvalue weighted by molar-refractivity contribution is 9.10. The van der Waals surface area contributed by atoms with Crippen molar-refractivity contribution in [3.63, 3.8) is 0 Å². The lowest BCUT2D eigenvalue weighted by Gasteiger charge is -2.35. The van der Waals surface area contributed by atoms with Crippen LogP contribution >= 0.6 is 15.9 Å². The fourth-order valence-electron chi connectivity index (χ4n) is 3.16. The molecular formula is C19H28BrN3O3. The van der Waals surface area contributed by atoms with Crippen molar-refractivity contribution in [1.29, 1.82) is 0 Å². The average Bonchev–Trinajstić information content (AvgIpc) is 2.76. The number of nitrogens with zero attached hydrogens (tertiary/aromatic N) is 1. The molecule has 6 nitrogen and oxygen atoms in total. The van der Waals surface area contributed by atoms with E-state index in [-0.39, 0.29) is 5.91 Å². The van der Waals surface area contributed by atoms with E-state index in [0.717, 1.165) is 43.0 Å². The van der Waals surface area contributed by atoms with E-state index in [1.807, 2.05) is 20.8 Å². The lowest BCUT2D eigenvalue weighted by Crippen LogP contribution is -2.56. The van der Waals surface area contributed by atoms with Gasteiger partial charge in [-0.25, -0.2) is 4.79 Å². The molecule has 2 rings (SSSR count). The Kier molecular flexibility index (Phi) is 7.03. The van der Waals surface area contributed by atoms with Gasteiger partial charge in [-0.2, -0.15) is 0 Å². The van der Waals surface area contributed by atoms with Gasteiger partial charge in [-0.3, -0.25) is 9.78 Å². The Morgan fingerprint density at radius 2 is 1.85 bits per heavy atom. The third kappa shape index (κ3) is 6.59. The number of amides is 2. The van der Waals surface area contributed by atoms with Crippen LogP contribution in [0.4, 0.5) is 4.79 Å². The van der Waals surface area contributed by atoms with Gasteiger partial charge >= 0.3 is 6.09 Å². The number of rotatable bonds is 4. The second-order valence-corrected chi connectivity index (χ2v) is 8.81. The second-order valence-electron chi connectivity index (χ2n) is 7.90. The van der Waals surface area contributed by atoms with Crippen LogP contribution in [-0.4, -0.2) is 34.7 Å². The summed E-state index contributed by atoms with van der Waals surface area (Å²) in [5.74, 6) is -0.201. The molecule has 1 aliphatic carbocycles. The number of aromatic nitrogens is 1. The molecule has 144 valence electrons. The van der Waals surface area contributed by atoms with Crippen molar-refractivity contribution in [2.24, 2.45) is 0 Å². The van der Waals surface area contributed by atoms with Gasteiger partial charge in [-0.15, -0.1) is 0 Å². The number of hydrogen-bond donors (Lipinski definition) is 2. The monoisotopic (exact) mass is 425 g/mol. The molecule has 0 saturated heterocycles. The van der Waals surface area contributed by atoms with E-state index in [2.05, 4.69) is 31.5 Å². The molecular weight excluding hydrogens is 398 g/mol. The fourth-order valence-corrected chi connectivity index (χ4v) is 3.52. The van der Waals surface area contributed by atoms with Crippen LogP contribution in [0.3, 0.4) is 0 Å². The Hall–Kier alpha value is -1.63. The molecule has 0 spiro atoms. The van der Waals surface area contributed by atoms with Crippen molar-refractivity contribution in [3.05, 3.63) is 28.5 Å². The Balaban J connectivity index is 2.06. The maximum atomic E-state index is 12.5. The van der Waals surface area contributed by atoms with E-state index in [4.69, 9.17) is 4.74 Å². The fraction of sp³-hybridized carbons (Fsp3) is 0.632. The van der Waals surface area contributed by atoms with Gasteiger partial charge in [0.1, 0.15) is 5.60 Å². The highest BCUT2D eigenvalue weighted by Crippen LogP contribution is 2.27. The van der Waals surface area contributed by atoms with E-state index in [0.29, 0.717) is 12.1 Å². The second kappa shape index (κ2) is 8.84. The number of carbonyl (C=O) groups is 2. The summed E-state index contributed by atoms with van der Waals surface area (Å²) in [7, 11) is 0. The molecule has 1 aliphatic rings. The summed E-state index contributed by atoms with van der Waals surface area (Å²) in [6.45, 7) is 5.90. The van der Waals surface area contributed by atoms with E-state index >= 15 is 0 Å². The number of ether oxygens (including phenoxy) is 1. The molecule has 0 aromatic carbocycles. The highest BCUT2D eigenvalue weighted by atomic mass is 79.9. The predicted octanol–water partition coefficient (Wildman–Crippen LogP) is 4.19. The van der Waals surface area contributed by atoms with Crippen LogP contribution in [0.15, 0.2) is 22.9 Å². The third-order valence-corrected chi connectivity index (χ3v) is 4.81. The summed E-state index contributed by atoms with van der Waals surface area (Å²) in [6, 6.07) is 1.73. The number of hydrogen-bond acceptors (Lipinski definition) is 4. The van der Waals surface area contributed by atoms with Crippen LogP contribution in [0.1, 0.15) is 69.7 Å². The molecule has 0 aliphatic heterocycles. The maximum absolute atomic E-state index is 12.5. The zero-order valence-corrected chi connectivity index (χ0v) is 17.3. The Morgan fingerprint density at radius 1 is 1.19 bits per heavy atom. The first kappa shape index (κ1) is 20.7. The topological polar surface area (TPSA) is 80.3 Å². The van der Waals surface area contributed by atoms with Crippen LogP contribution in [0.2, 0.25) is 0 Å². The summed E-state index contributed by atoms with van der Waals surface area (Å²) in [5.41, 5.74) is -0.546. The van der Waals surface area contributed by atoms with Gasteiger partial charge in [-0.1, -0.05) is 25.7 Å². The third-order valence-electron chi connectivity index (χ3n) is 4.38. The number of pyridine rings is 1. The number of nitrogens with one attached hydrogen (secondary N) is 2. The van der Waals surface area contributed by atoms with Crippen LogP contribution < -0.4 is 10.6 Å². The van der Waals surface area contributed by atoms with Crippen molar-refractivity contribution in [3.8, 4) is 0 Å². The van der Waals surface area contributed by atoms with Gasteiger partial charge in [0.05, 0.1) is 11.1 Å². The normalized spacial score (nSPS) is 17.1. The zero-order chi connectivity index (χ0) is 19.2. The minimum absolute atomic E-state index is 0.201. The molecule has 7 heteroatoms. The molecule has 26 heavy (non-hydrogen) atoms. The molecule has 0 atom stereocenters. The van der Waals surface area contributed by atoms with Crippen LogP contribution in [0, 0.1) is 0 Å². The highest BCUT2D eigenvalue weighted by Gasteiger charge is 2.34. The first-order chi connectivity index (χ1) is 12.2. The first-order valence-electron chi connectivity index (χ1n) is 9.09. The SMILES string of the molecule is CC(C)(C)OC(=O)NC1(CNC(=O)c2cncc(Br)c2)CCCCCC1. The van der Waals surface area contributed by atoms with Gasteiger partial charge in [0.25, 0.3) is 5.91 Å². The average molecular weight is 426 g/mol. The Labute approximate surface area is 163 Å². The van der Waals surface area contributed by atoms with E-state index in [1.165, 1.54) is 6.20 Å². The molecule has 0 bridgehead atoms. The summed E-state index contributed by atoms with van der Waals surface area (Å²) in [4.78, 5) is 28.8. The van der Waals surface area contributed by atoms with Gasteiger partial charge in [0.15, 0.2) is 0 Å². The molecule has 1 heterocycles. The van der Waals surface area contributed by atoms with Gasteiger partial charge in [-0.05, 0) is 55.6 Å². The lowest BCUT2D eigenvalue weighted by atomic mass is 9.90. The van der Waals surface area contributed by atoms with Crippen LogP contribution in [0.25, 0.3) is 0 Å². The first-order valence-corrected chi connectivity index (χ1v) is 9.88. The number of carbonyl (C=O) groups excluding carboxylic acids is 2. The van der Waals surface area contributed by atoms with E-state index in [9.17, 15) is 9.59 Å². The van der Waals surface area contributed by atoms with Crippen molar-refractivity contribution < 1.29 is 14.3 Å². The zero-order valence-electron chi connectivity index (χ0n) is 15.7. The Bertz CT molecular complexity index is 635. The molecule has 1 saturated carbocycles. The predicted molar refractivity (Wildman–Crippen MR) is 104 cm³/mol. The number of alkyl carbamates (subject to hydrolysis) is 1. The largest absolute Gasteiger partial charge is 0.444 e. The van der Waals surface area contributed by atoms with Crippen LogP contribution in [-0.2, 0) is 4.74 Å². The minimum atomic E-state index is -0.554. The summed E-state index contributed by atoms with van der Waals surface area (Å²) >= 11 is 3.32. The lowest BCUT2D eigenvalue weighted by molar-refractivity contribution is 0.0437. The van der Waals surface area contributed by atoms with Gasteiger partial charge in [0, 0.05) is 23.4 Å². The van der Waals surface area contributed by atoms with E-state index < -0.39 is 17.2 Å². The summed E-state index contributed by atoms with van der Waals surface area (Å²) in [6.07, 6.45) is 8.69. The van der Waals surface area contributed by atoms with Crippen molar-refractivity contribution in [2.45, 2.75) is 70.4 Å². The van der Waals surface area contributed by atoms with Crippen LogP contribution in [0.5, 0.6) is 0 Å². The molecule has 2 amide bonds. The number of halogens is 1. The van der Waals surface area contributed by atoms with Gasteiger partial charge in [0.2, 0.25) is 0 Å². The van der Waals surface area contributed by atoms with Crippen molar-refractivity contribution >= 4 is 27.9 Å². The Morgan fingerprint density at radius 3 is 2.42 bits per heavy atom. The summed E-state index contributed by atoms with van der Waals surface area (Å²) < 4.78 is 6.19.